The van der Waals surface area contributed by atoms with E-state index in [1.165, 1.54) is 7.11 Å². The Balaban J connectivity index is 3.95. The van der Waals surface area contributed by atoms with Gasteiger partial charge in [0.25, 0.3) is 0 Å². The Hall–Kier alpha value is -0.610. The molecule has 0 radical (unpaired) electrons. The molecule has 4 heteroatoms. The molecule has 2 unspecified atom stereocenters. The normalized spacial score (nSPS) is 15.1. The fraction of sp³-hybridized carbons (Fsp3) is 0.909. The van der Waals surface area contributed by atoms with Crippen molar-refractivity contribution in [1.29, 1.82) is 0 Å². The highest BCUT2D eigenvalue weighted by atomic mass is 16.5. The van der Waals surface area contributed by atoms with Crippen LogP contribution in [0.3, 0.4) is 0 Å². The molecular weight excluding hydrogens is 194 g/mol. The molecule has 0 rings (SSSR count). The van der Waals surface area contributed by atoms with E-state index in [0.29, 0.717) is 0 Å². The van der Waals surface area contributed by atoms with Crippen LogP contribution in [0.15, 0.2) is 0 Å². The van der Waals surface area contributed by atoms with Gasteiger partial charge in [0.15, 0.2) is 0 Å². The molecule has 0 aromatic carbocycles. The number of nitrogens with zero attached hydrogens (tertiary/aromatic N) is 1. The van der Waals surface area contributed by atoms with Gasteiger partial charge in [-0.05, 0) is 20.4 Å². The van der Waals surface area contributed by atoms with Gasteiger partial charge in [-0.1, -0.05) is 6.92 Å². The molecule has 0 aromatic heterocycles. The third-order valence-corrected chi connectivity index (χ3v) is 2.85. The molecule has 0 aliphatic rings. The van der Waals surface area contributed by atoms with Crippen LogP contribution in [0.25, 0.3) is 0 Å². The largest absolute Gasteiger partial charge is 0.469 e. The molecule has 0 saturated carbocycles. The maximum absolute atomic E-state index is 11.3. The number of ether oxygens (including phenoxy) is 2. The Morgan fingerprint density at radius 1 is 1.33 bits per heavy atom. The minimum absolute atomic E-state index is 0.0949. The molecule has 0 aliphatic heterocycles. The minimum Gasteiger partial charge on any atom is -0.469 e. The summed E-state index contributed by atoms with van der Waals surface area (Å²) >= 11 is 0. The van der Waals surface area contributed by atoms with Crippen LogP contribution in [0.4, 0.5) is 0 Å². The van der Waals surface area contributed by atoms with Crippen LogP contribution in [0.2, 0.25) is 0 Å². The maximum Gasteiger partial charge on any atom is 0.309 e. The van der Waals surface area contributed by atoms with Crippen molar-refractivity contribution in [3.8, 4) is 0 Å². The smallest absolute Gasteiger partial charge is 0.309 e. The van der Waals surface area contributed by atoms with Crippen LogP contribution in [-0.2, 0) is 14.3 Å². The van der Waals surface area contributed by atoms with Crippen molar-refractivity contribution >= 4 is 5.97 Å². The van der Waals surface area contributed by atoms with Crippen LogP contribution >= 0.6 is 0 Å². The molecule has 0 aliphatic carbocycles. The second kappa shape index (κ2) is 7.65. The predicted octanol–water partition coefficient (Wildman–Crippen LogP) is 1.15. The molecule has 0 fully saturated rings. The summed E-state index contributed by atoms with van der Waals surface area (Å²) in [7, 11) is 5.14. The first-order chi connectivity index (χ1) is 7.04. The SMILES string of the molecule is COCCCN(C)C(C)C(C)C(=O)OC. The summed E-state index contributed by atoms with van der Waals surface area (Å²) in [4.78, 5) is 13.5. The summed E-state index contributed by atoms with van der Waals surface area (Å²) in [5, 5.41) is 0. The first kappa shape index (κ1) is 14.4. The summed E-state index contributed by atoms with van der Waals surface area (Å²) in [6.45, 7) is 5.61. The number of hydrogen-bond donors (Lipinski definition) is 0. The van der Waals surface area contributed by atoms with Crippen LogP contribution in [-0.4, -0.2) is 51.3 Å². The third kappa shape index (κ3) is 5.14. The van der Waals surface area contributed by atoms with Gasteiger partial charge >= 0.3 is 5.97 Å². The molecule has 0 heterocycles. The Morgan fingerprint density at radius 2 is 1.93 bits per heavy atom. The zero-order chi connectivity index (χ0) is 11.8. The molecule has 15 heavy (non-hydrogen) atoms. The summed E-state index contributed by atoms with van der Waals surface area (Å²) in [5.41, 5.74) is 0. The van der Waals surface area contributed by atoms with E-state index in [0.717, 1.165) is 19.6 Å². The fourth-order valence-electron chi connectivity index (χ4n) is 1.43. The van der Waals surface area contributed by atoms with Crippen LogP contribution in [0, 0.1) is 5.92 Å². The summed E-state index contributed by atoms with van der Waals surface area (Å²) in [6.07, 6.45) is 0.977. The number of carbonyl (C=O) groups excluding carboxylic acids is 1. The summed E-state index contributed by atoms with van der Waals surface area (Å²) in [5.74, 6) is -0.247. The second-order valence-corrected chi connectivity index (χ2v) is 3.88. The first-order valence-corrected chi connectivity index (χ1v) is 5.31. The quantitative estimate of drug-likeness (QED) is 0.474. The average molecular weight is 217 g/mol. The Morgan fingerprint density at radius 3 is 2.40 bits per heavy atom. The van der Waals surface area contributed by atoms with E-state index < -0.39 is 0 Å². The van der Waals surface area contributed by atoms with Gasteiger partial charge in [0.05, 0.1) is 13.0 Å². The van der Waals surface area contributed by atoms with Crippen molar-refractivity contribution in [2.75, 3.05) is 34.4 Å². The van der Waals surface area contributed by atoms with Gasteiger partial charge in [0.1, 0.15) is 0 Å². The molecule has 0 saturated heterocycles. The lowest BCUT2D eigenvalue weighted by Crippen LogP contribution is -2.39. The van der Waals surface area contributed by atoms with E-state index in [9.17, 15) is 4.79 Å². The Bertz CT molecular complexity index is 185. The number of methoxy groups -OCH3 is 2. The summed E-state index contributed by atoms with van der Waals surface area (Å²) < 4.78 is 9.70. The van der Waals surface area contributed by atoms with Crippen molar-refractivity contribution in [3.05, 3.63) is 0 Å². The van der Waals surface area contributed by atoms with Crippen LogP contribution in [0.5, 0.6) is 0 Å². The Labute approximate surface area is 92.5 Å². The van der Waals surface area contributed by atoms with Crippen molar-refractivity contribution in [3.63, 3.8) is 0 Å². The van der Waals surface area contributed by atoms with E-state index in [1.54, 1.807) is 7.11 Å². The van der Waals surface area contributed by atoms with Gasteiger partial charge in [-0.3, -0.25) is 4.79 Å². The molecule has 2 atom stereocenters. The third-order valence-electron chi connectivity index (χ3n) is 2.85. The van der Waals surface area contributed by atoms with Crippen LogP contribution < -0.4 is 0 Å². The van der Waals surface area contributed by atoms with Gasteiger partial charge in [-0.25, -0.2) is 0 Å². The van der Waals surface area contributed by atoms with Crippen molar-refractivity contribution in [1.82, 2.24) is 4.90 Å². The average Bonchev–Trinajstić information content (AvgIpc) is 2.26. The van der Waals surface area contributed by atoms with Crippen molar-refractivity contribution in [2.24, 2.45) is 5.92 Å². The zero-order valence-corrected chi connectivity index (χ0v) is 10.4. The standard InChI is InChI=1S/C11H23NO3/c1-9(11(13)15-5)10(2)12(3)7-6-8-14-4/h9-10H,6-8H2,1-5H3. The molecule has 0 amide bonds. The highest BCUT2D eigenvalue weighted by molar-refractivity contribution is 5.72. The lowest BCUT2D eigenvalue weighted by Gasteiger charge is -2.28. The monoisotopic (exact) mass is 217 g/mol. The zero-order valence-electron chi connectivity index (χ0n) is 10.4. The lowest BCUT2D eigenvalue weighted by atomic mass is 10.0. The highest BCUT2D eigenvalue weighted by Crippen LogP contribution is 2.11. The van der Waals surface area contributed by atoms with E-state index in [1.807, 2.05) is 20.9 Å². The van der Waals surface area contributed by atoms with Crippen molar-refractivity contribution in [2.45, 2.75) is 26.3 Å². The topological polar surface area (TPSA) is 38.8 Å². The first-order valence-electron chi connectivity index (χ1n) is 5.31. The Kier molecular flexibility index (Phi) is 7.34. The van der Waals surface area contributed by atoms with Crippen LogP contribution in [0.1, 0.15) is 20.3 Å². The summed E-state index contributed by atoms with van der Waals surface area (Å²) in [6, 6.07) is 0.189. The lowest BCUT2D eigenvalue weighted by molar-refractivity contribution is -0.146. The number of esters is 1. The molecular formula is C11H23NO3. The van der Waals surface area contributed by atoms with E-state index in [-0.39, 0.29) is 17.9 Å². The van der Waals surface area contributed by atoms with Gasteiger partial charge in [-0.15, -0.1) is 0 Å². The second-order valence-electron chi connectivity index (χ2n) is 3.88. The van der Waals surface area contributed by atoms with Crippen molar-refractivity contribution < 1.29 is 14.3 Å². The van der Waals surface area contributed by atoms with E-state index in [2.05, 4.69) is 4.90 Å². The fourth-order valence-corrected chi connectivity index (χ4v) is 1.43. The maximum atomic E-state index is 11.3. The molecule has 90 valence electrons. The predicted molar refractivity (Wildman–Crippen MR) is 59.8 cm³/mol. The molecule has 0 spiro atoms. The molecule has 0 N–H and O–H groups in total. The number of carbonyl (C=O) groups is 1. The minimum atomic E-state index is -0.152. The molecule has 0 aromatic rings. The van der Waals surface area contributed by atoms with E-state index in [4.69, 9.17) is 9.47 Å². The van der Waals surface area contributed by atoms with Gasteiger partial charge in [0.2, 0.25) is 0 Å². The van der Waals surface area contributed by atoms with E-state index >= 15 is 0 Å². The number of rotatable bonds is 7. The highest BCUT2D eigenvalue weighted by Gasteiger charge is 2.23. The number of hydrogen-bond acceptors (Lipinski definition) is 4. The van der Waals surface area contributed by atoms with Gasteiger partial charge in [-0.2, -0.15) is 0 Å². The molecule has 0 bridgehead atoms. The molecule has 4 nitrogen and oxygen atoms in total. The van der Waals surface area contributed by atoms with Gasteiger partial charge < -0.3 is 14.4 Å². The van der Waals surface area contributed by atoms with Gasteiger partial charge in [0, 0.05) is 26.3 Å².